The van der Waals surface area contributed by atoms with E-state index in [0.29, 0.717) is 17.4 Å². The second kappa shape index (κ2) is 6.09. The smallest absolute Gasteiger partial charge is 0.0136 e. The van der Waals surface area contributed by atoms with Gasteiger partial charge in [0.1, 0.15) is 0 Å². The lowest BCUT2D eigenvalue weighted by Gasteiger charge is -2.40. The third kappa shape index (κ3) is 3.02. The van der Waals surface area contributed by atoms with Crippen molar-refractivity contribution in [2.24, 2.45) is 0 Å². The molecule has 0 saturated carbocycles. The zero-order valence-electron chi connectivity index (χ0n) is 13.0. The predicted octanol–water partition coefficient (Wildman–Crippen LogP) is 4.62. The summed E-state index contributed by atoms with van der Waals surface area (Å²) in [6.45, 7) is 10.4. The second-order valence-electron chi connectivity index (χ2n) is 6.57. The van der Waals surface area contributed by atoms with Crippen molar-refractivity contribution in [3.05, 3.63) is 35.4 Å². The van der Waals surface area contributed by atoms with Gasteiger partial charge in [0, 0.05) is 6.04 Å². The van der Waals surface area contributed by atoms with Crippen molar-refractivity contribution >= 4 is 0 Å². The number of fused-ring (bicyclic) bond motifs is 1. The lowest BCUT2D eigenvalue weighted by atomic mass is 9.66. The van der Waals surface area contributed by atoms with E-state index in [1.54, 1.807) is 11.1 Å². The van der Waals surface area contributed by atoms with Gasteiger partial charge >= 0.3 is 0 Å². The number of likely N-dealkylation sites (N-methyl/N-ethyl adjacent to an activating group) is 1. The highest BCUT2D eigenvalue weighted by Gasteiger charge is 2.35. The SMILES string of the molecule is CCCC(NCC)C1CCC(C)(C)c2ccccc21. The van der Waals surface area contributed by atoms with Crippen molar-refractivity contribution in [3.8, 4) is 0 Å². The van der Waals surface area contributed by atoms with Crippen LogP contribution in [0, 0.1) is 0 Å². The molecule has 2 unspecified atom stereocenters. The number of nitrogens with one attached hydrogen (secondary N) is 1. The summed E-state index contributed by atoms with van der Waals surface area (Å²) in [7, 11) is 0. The van der Waals surface area contributed by atoms with Gasteiger partial charge in [0.15, 0.2) is 0 Å². The summed E-state index contributed by atoms with van der Waals surface area (Å²) in [6.07, 6.45) is 5.18. The van der Waals surface area contributed by atoms with Gasteiger partial charge < -0.3 is 5.32 Å². The molecule has 0 bridgehead atoms. The molecule has 0 fully saturated rings. The van der Waals surface area contributed by atoms with Gasteiger partial charge in [-0.25, -0.2) is 0 Å². The Kier molecular flexibility index (Phi) is 4.67. The number of hydrogen-bond donors (Lipinski definition) is 1. The summed E-state index contributed by atoms with van der Waals surface area (Å²) in [5.41, 5.74) is 3.51. The van der Waals surface area contributed by atoms with E-state index in [-0.39, 0.29) is 0 Å². The topological polar surface area (TPSA) is 12.0 Å². The van der Waals surface area contributed by atoms with Crippen LogP contribution in [0.25, 0.3) is 0 Å². The Hall–Kier alpha value is -0.820. The summed E-state index contributed by atoms with van der Waals surface area (Å²) in [5, 5.41) is 3.72. The average Bonchev–Trinajstić information content (AvgIpc) is 2.39. The highest BCUT2D eigenvalue weighted by Crippen LogP contribution is 2.44. The van der Waals surface area contributed by atoms with Crippen molar-refractivity contribution < 1.29 is 0 Å². The van der Waals surface area contributed by atoms with Crippen molar-refractivity contribution in [2.75, 3.05) is 6.54 Å². The third-order valence-corrected chi connectivity index (χ3v) is 4.72. The van der Waals surface area contributed by atoms with Gasteiger partial charge in [-0.1, -0.05) is 58.4 Å². The number of rotatable bonds is 5. The van der Waals surface area contributed by atoms with E-state index in [2.05, 4.69) is 57.3 Å². The third-order valence-electron chi connectivity index (χ3n) is 4.72. The molecule has 0 spiro atoms. The van der Waals surface area contributed by atoms with Gasteiger partial charge in [-0.3, -0.25) is 0 Å². The maximum atomic E-state index is 3.72. The first-order valence-electron chi connectivity index (χ1n) is 7.93. The maximum absolute atomic E-state index is 3.72. The van der Waals surface area contributed by atoms with E-state index < -0.39 is 0 Å². The first-order valence-corrected chi connectivity index (χ1v) is 7.93. The van der Waals surface area contributed by atoms with E-state index in [0.717, 1.165) is 6.54 Å². The highest BCUT2D eigenvalue weighted by atomic mass is 14.9. The Balaban J connectivity index is 2.33. The molecule has 1 aliphatic carbocycles. The molecule has 106 valence electrons. The Morgan fingerprint density at radius 3 is 2.68 bits per heavy atom. The fourth-order valence-corrected chi connectivity index (χ4v) is 3.68. The maximum Gasteiger partial charge on any atom is 0.0136 e. The minimum Gasteiger partial charge on any atom is -0.314 e. The van der Waals surface area contributed by atoms with Crippen LogP contribution in [0.1, 0.15) is 70.4 Å². The van der Waals surface area contributed by atoms with Gasteiger partial charge in [-0.2, -0.15) is 0 Å². The quantitative estimate of drug-likeness (QED) is 0.813. The zero-order valence-corrected chi connectivity index (χ0v) is 13.0. The fraction of sp³-hybridized carbons (Fsp3) is 0.667. The van der Waals surface area contributed by atoms with Crippen LogP contribution in [0.5, 0.6) is 0 Å². The van der Waals surface area contributed by atoms with Crippen molar-refractivity contribution in [1.29, 1.82) is 0 Å². The average molecular weight is 259 g/mol. The zero-order chi connectivity index (χ0) is 13.9. The van der Waals surface area contributed by atoms with Crippen molar-refractivity contribution in [1.82, 2.24) is 5.32 Å². The first-order chi connectivity index (χ1) is 9.10. The molecule has 0 amide bonds. The molecular formula is C18H29N. The molecule has 19 heavy (non-hydrogen) atoms. The lowest BCUT2D eigenvalue weighted by molar-refractivity contribution is 0.323. The van der Waals surface area contributed by atoms with Crippen LogP contribution in [-0.2, 0) is 5.41 Å². The van der Waals surface area contributed by atoms with Gasteiger partial charge in [-0.15, -0.1) is 0 Å². The summed E-state index contributed by atoms with van der Waals surface area (Å²) in [4.78, 5) is 0. The lowest BCUT2D eigenvalue weighted by Crippen LogP contribution is -2.39. The van der Waals surface area contributed by atoms with Gasteiger partial charge in [-0.05, 0) is 48.3 Å². The van der Waals surface area contributed by atoms with Gasteiger partial charge in [0.2, 0.25) is 0 Å². The molecule has 2 rings (SSSR count). The highest BCUT2D eigenvalue weighted by molar-refractivity contribution is 5.39. The van der Waals surface area contributed by atoms with Crippen LogP contribution in [0.15, 0.2) is 24.3 Å². The predicted molar refractivity (Wildman–Crippen MR) is 83.8 cm³/mol. The van der Waals surface area contributed by atoms with Crippen molar-refractivity contribution in [2.45, 2.75) is 70.8 Å². The van der Waals surface area contributed by atoms with Crippen LogP contribution in [0.4, 0.5) is 0 Å². The monoisotopic (exact) mass is 259 g/mol. The molecule has 1 aromatic carbocycles. The number of hydrogen-bond acceptors (Lipinski definition) is 1. The van der Waals surface area contributed by atoms with Crippen LogP contribution < -0.4 is 5.32 Å². The van der Waals surface area contributed by atoms with E-state index in [9.17, 15) is 0 Å². The summed E-state index contributed by atoms with van der Waals surface area (Å²) >= 11 is 0. The molecule has 0 aliphatic heterocycles. The Bertz CT molecular complexity index is 402. The molecule has 0 radical (unpaired) electrons. The van der Waals surface area contributed by atoms with Crippen LogP contribution in [-0.4, -0.2) is 12.6 Å². The molecule has 2 atom stereocenters. The Labute approximate surface area is 118 Å². The Morgan fingerprint density at radius 1 is 1.26 bits per heavy atom. The van der Waals surface area contributed by atoms with Crippen LogP contribution in [0.3, 0.4) is 0 Å². The van der Waals surface area contributed by atoms with Gasteiger partial charge in [0.05, 0.1) is 0 Å². The Morgan fingerprint density at radius 2 is 2.00 bits per heavy atom. The molecular weight excluding hydrogens is 230 g/mol. The molecule has 1 aliphatic rings. The van der Waals surface area contributed by atoms with Crippen LogP contribution >= 0.6 is 0 Å². The number of benzene rings is 1. The van der Waals surface area contributed by atoms with Crippen LogP contribution in [0.2, 0.25) is 0 Å². The molecule has 1 nitrogen and oxygen atoms in total. The van der Waals surface area contributed by atoms with E-state index in [1.807, 2.05) is 0 Å². The summed E-state index contributed by atoms with van der Waals surface area (Å²) in [6, 6.07) is 9.76. The molecule has 0 heterocycles. The van der Waals surface area contributed by atoms with Gasteiger partial charge in [0.25, 0.3) is 0 Å². The van der Waals surface area contributed by atoms with E-state index in [1.165, 1.54) is 25.7 Å². The standard InChI is InChI=1S/C18H29N/c1-5-9-17(19-6-2)15-12-13-18(3,4)16-11-8-7-10-14(15)16/h7-8,10-11,15,17,19H,5-6,9,12-13H2,1-4H3. The molecule has 1 N–H and O–H groups in total. The summed E-state index contributed by atoms with van der Waals surface area (Å²) in [5.74, 6) is 0.698. The minimum absolute atomic E-state index is 0.343. The fourth-order valence-electron chi connectivity index (χ4n) is 3.68. The molecule has 1 heteroatoms. The molecule has 0 saturated heterocycles. The second-order valence-corrected chi connectivity index (χ2v) is 6.57. The van der Waals surface area contributed by atoms with E-state index in [4.69, 9.17) is 0 Å². The first kappa shape index (κ1) is 14.6. The summed E-state index contributed by atoms with van der Waals surface area (Å²) < 4.78 is 0. The normalized spacial score (nSPS) is 22.8. The van der Waals surface area contributed by atoms with Crippen molar-refractivity contribution in [3.63, 3.8) is 0 Å². The van der Waals surface area contributed by atoms with E-state index >= 15 is 0 Å². The minimum atomic E-state index is 0.343. The molecule has 1 aromatic rings. The molecule has 0 aromatic heterocycles. The largest absolute Gasteiger partial charge is 0.314 e.